The Hall–Kier alpha value is -1.61. The minimum Gasteiger partial charge on any atom is -0.398 e. The molecular weight excluding hydrogens is 334 g/mol. The van der Waals surface area contributed by atoms with Gasteiger partial charge in [0.1, 0.15) is 6.33 Å². The number of aromatic nitrogens is 3. The van der Waals surface area contributed by atoms with Crippen molar-refractivity contribution in [3.05, 3.63) is 28.5 Å². The zero-order chi connectivity index (χ0) is 14.2. The van der Waals surface area contributed by atoms with Crippen LogP contribution in [0.3, 0.4) is 0 Å². The molecule has 0 amide bonds. The van der Waals surface area contributed by atoms with Crippen molar-refractivity contribution in [1.82, 2.24) is 14.8 Å². The van der Waals surface area contributed by atoms with Gasteiger partial charge in [0, 0.05) is 17.2 Å². The van der Waals surface area contributed by atoms with Gasteiger partial charge in [-0.3, -0.25) is 0 Å². The zero-order valence-corrected chi connectivity index (χ0v) is 12.7. The van der Waals surface area contributed by atoms with Crippen LogP contribution in [-0.2, 0) is 17.1 Å². The van der Waals surface area contributed by atoms with Gasteiger partial charge < -0.3 is 5.73 Å². The van der Waals surface area contributed by atoms with Gasteiger partial charge in [-0.2, -0.15) is 10.1 Å². The van der Waals surface area contributed by atoms with Crippen LogP contribution in [-0.4, -0.2) is 23.2 Å². The van der Waals surface area contributed by atoms with E-state index < -0.39 is 10.0 Å². The number of anilines is 2. The van der Waals surface area contributed by atoms with Crippen LogP contribution in [0.2, 0.25) is 0 Å². The fraction of sp³-hybridized carbons (Fsp3) is 0.200. The molecule has 2 aromatic rings. The van der Waals surface area contributed by atoms with Crippen molar-refractivity contribution >= 4 is 37.6 Å². The number of benzene rings is 1. The number of aryl methyl sites for hydroxylation is 2. The second-order valence-corrected chi connectivity index (χ2v) is 6.46. The van der Waals surface area contributed by atoms with E-state index in [1.54, 1.807) is 20.0 Å². The molecule has 0 unspecified atom stereocenters. The van der Waals surface area contributed by atoms with Gasteiger partial charge in [-0.05, 0) is 40.5 Å². The summed E-state index contributed by atoms with van der Waals surface area (Å²) in [6, 6.07) is 3.05. The first kappa shape index (κ1) is 13.8. The van der Waals surface area contributed by atoms with E-state index in [4.69, 9.17) is 5.73 Å². The largest absolute Gasteiger partial charge is 0.398 e. The molecule has 102 valence electrons. The third-order valence-electron chi connectivity index (χ3n) is 2.52. The van der Waals surface area contributed by atoms with E-state index in [1.807, 2.05) is 0 Å². The molecule has 0 aliphatic heterocycles. The smallest absolute Gasteiger partial charge is 0.264 e. The lowest BCUT2D eigenvalue weighted by Crippen LogP contribution is -2.17. The average molecular weight is 346 g/mol. The Balaban J connectivity index is 2.46. The topological polar surface area (TPSA) is 103 Å². The van der Waals surface area contributed by atoms with Crippen LogP contribution in [0.4, 0.5) is 11.6 Å². The zero-order valence-electron chi connectivity index (χ0n) is 10.3. The Morgan fingerprint density at radius 2 is 2.11 bits per heavy atom. The second kappa shape index (κ2) is 4.82. The summed E-state index contributed by atoms with van der Waals surface area (Å²) in [4.78, 5) is 3.92. The molecule has 0 radical (unpaired) electrons. The Morgan fingerprint density at radius 3 is 2.68 bits per heavy atom. The number of sulfonamides is 1. The van der Waals surface area contributed by atoms with Crippen molar-refractivity contribution in [2.45, 2.75) is 11.8 Å². The maximum absolute atomic E-state index is 12.3. The summed E-state index contributed by atoms with van der Waals surface area (Å²) in [6.45, 7) is 1.69. The molecule has 1 aromatic carbocycles. The molecule has 0 saturated heterocycles. The summed E-state index contributed by atoms with van der Waals surface area (Å²) < 4.78 is 28.9. The van der Waals surface area contributed by atoms with Crippen LogP contribution < -0.4 is 10.5 Å². The van der Waals surface area contributed by atoms with Crippen molar-refractivity contribution in [1.29, 1.82) is 0 Å². The molecule has 0 fully saturated rings. The van der Waals surface area contributed by atoms with Crippen molar-refractivity contribution in [3.63, 3.8) is 0 Å². The number of hydrogen-bond acceptors (Lipinski definition) is 5. The molecule has 1 aromatic heterocycles. The summed E-state index contributed by atoms with van der Waals surface area (Å²) in [7, 11) is -2.16. The van der Waals surface area contributed by atoms with Crippen LogP contribution in [0, 0.1) is 6.92 Å². The van der Waals surface area contributed by atoms with E-state index >= 15 is 0 Å². The van der Waals surface area contributed by atoms with Gasteiger partial charge in [0.05, 0.1) is 4.90 Å². The molecular formula is C10H12BrN5O2S. The van der Waals surface area contributed by atoms with Gasteiger partial charge >= 0.3 is 0 Å². The lowest BCUT2D eigenvalue weighted by Gasteiger charge is -2.11. The molecule has 0 aliphatic rings. The summed E-state index contributed by atoms with van der Waals surface area (Å²) in [5.41, 5.74) is 6.65. The van der Waals surface area contributed by atoms with Crippen molar-refractivity contribution in [2.24, 2.45) is 7.05 Å². The van der Waals surface area contributed by atoms with Gasteiger partial charge in [-0.25, -0.2) is 17.8 Å². The molecule has 0 bridgehead atoms. The fourth-order valence-electron chi connectivity index (χ4n) is 1.52. The molecule has 9 heteroatoms. The molecule has 19 heavy (non-hydrogen) atoms. The number of nitrogens with zero attached hydrogens (tertiary/aromatic N) is 3. The highest BCUT2D eigenvalue weighted by Gasteiger charge is 2.20. The number of halogens is 1. The molecule has 0 atom stereocenters. The predicted octanol–water partition coefficient (Wildman–Crippen LogP) is 1.27. The summed E-state index contributed by atoms with van der Waals surface area (Å²) >= 11 is 3.25. The number of rotatable bonds is 3. The maximum Gasteiger partial charge on any atom is 0.264 e. The maximum atomic E-state index is 12.3. The van der Waals surface area contributed by atoms with Crippen LogP contribution in [0.1, 0.15) is 5.56 Å². The van der Waals surface area contributed by atoms with Crippen LogP contribution in [0.25, 0.3) is 0 Å². The van der Waals surface area contributed by atoms with E-state index in [9.17, 15) is 8.42 Å². The molecule has 2 rings (SSSR count). The monoisotopic (exact) mass is 345 g/mol. The normalized spacial score (nSPS) is 11.5. The van der Waals surface area contributed by atoms with Gasteiger partial charge in [0.2, 0.25) is 5.95 Å². The van der Waals surface area contributed by atoms with Gasteiger partial charge in [0.25, 0.3) is 10.0 Å². The first-order valence-electron chi connectivity index (χ1n) is 5.23. The summed E-state index contributed by atoms with van der Waals surface area (Å²) in [5.74, 6) is 0.140. The summed E-state index contributed by atoms with van der Waals surface area (Å²) in [6.07, 6.45) is 1.26. The third kappa shape index (κ3) is 2.71. The van der Waals surface area contributed by atoms with Gasteiger partial charge in [-0.1, -0.05) is 0 Å². The highest BCUT2D eigenvalue weighted by molar-refractivity contribution is 9.10. The summed E-state index contributed by atoms with van der Waals surface area (Å²) in [5, 5.41) is 3.79. The minimum atomic E-state index is -3.75. The van der Waals surface area contributed by atoms with E-state index in [-0.39, 0.29) is 10.8 Å². The lowest BCUT2D eigenvalue weighted by atomic mass is 10.2. The van der Waals surface area contributed by atoms with Gasteiger partial charge in [-0.15, -0.1) is 0 Å². The Bertz CT molecular complexity index is 726. The molecule has 7 nitrogen and oxygen atoms in total. The fourth-order valence-corrected chi connectivity index (χ4v) is 3.28. The molecule has 0 saturated carbocycles. The highest BCUT2D eigenvalue weighted by Crippen LogP contribution is 2.27. The Labute approximate surface area is 119 Å². The van der Waals surface area contributed by atoms with Crippen molar-refractivity contribution in [2.75, 3.05) is 10.5 Å². The quantitative estimate of drug-likeness (QED) is 0.815. The average Bonchev–Trinajstić information content (AvgIpc) is 2.69. The van der Waals surface area contributed by atoms with Crippen molar-refractivity contribution < 1.29 is 8.42 Å². The van der Waals surface area contributed by atoms with Crippen LogP contribution in [0.15, 0.2) is 27.8 Å². The first-order valence-corrected chi connectivity index (χ1v) is 7.51. The van der Waals surface area contributed by atoms with Crippen LogP contribution in [0.5, 0.6) is 0 Å². The molecule has 0 aliphatic carbocycles. The standard InChI is InChI=1S/C10H12BrN5O2S/c1-6-3-7(11)8(12)4-9(6)19(17,18)15-10-13-5-14-16(10)2/h3-5H,12H2,1-2H3,(H,13,14,15). The predicted molar refractivity (Wildman–Crippen MR) is 75.1 cm³/mol. The number of hydrogen-bond donors (Lipinski definition) is 2. The van der Waals surface area contributed by atoms with Crippen molar-refractivity contribution in [3.8, 4) is 0 Å². The SMILES string of the molecule is Cc1cc(Br)c(N)cc1S(=O)(=O)Nc1ncnn1C. The first-order chi connectivity index (χ1) is 8.81. The minimum absolute atomic E-state index is 0.108. The van der Waals surface area contributed by atoms with Gasteiger partial charge in [0.15, 0.2) is 0 Å². The van der Waals surface area contributed by atoms with E-state index in [0.29, 0.717) is 15.7 Å². The Kier molecular flexibility index (Phi) is 3.50. The number of nitrogens with two attached hydrogens (primary N) is 1. The lowest BCUT2D eigenvalue weighted by molar-refractivity contribution is 0.599. The second-order valence-electron chi connectivity index (χ2n) is 3.95. The highest BCUT2D eigenvalue weighted by atomic mass is 79.9. The van der Waals surface area contributed by atoms with E-state index in [0.717, 1.165) is 0 Å². The number of nitrogen functional groups attached to an aromatic ring is 1. The van der Waals surface area contributed by atoms with E-state index in [1.165, 1.54) is 17.1 Å². The molecule has 0 spiro atoms. The Morgan fingerprint density at radius 1 is 1.42 bits per heavy atom. The third-order valence-corrected chi connectivity index (χ3v) is 4.68. The number of nitrogens with one attached hydrogen (secondary N) is 1. The molecule has 1 heterocycles. The van der Waals surface area contributed by atoms with E-state index in [2.05, 4.69) is 30.7 Å². The van der Waals surface area contributed by atoms with Crippen LogP contribution >= 0.6 is 15.9 Å². The molecule has 3 N–H and O–H groups in total.